The lowest BCUT2D eigenvalue weighted by molar-refractivity contribution is 0.566. The van der Waals surface area contributed by atoms with Crippen molar-refractivity contribution in [2.45, 2.75) is 0 Å². The molecule has 0 radical (unpaired) electrons. The molecule has 8 heteroatoms. The smallest absolute Gasteiger partial charge is 0.333 e. The number of imidazole rings is 1. The Bertz CT molecular complexity index is 1580. The van der Waals surface area contributed by atoms with Crippen LogP contribution >= 0.6 is 0 Å². The molecule has 0 atom stereocenters. The summed E-state index contributed by atoms with van der Waals surface area (Å²) in [5.41, 5.74) is 4.90. The zero-order valence-electron chi connectivity index (χ0n) is 18.7. The predicted molar refractivity (Wildman–Crippen MR) is 132 cm³/mol. The van der Waals surface area contributed by atoms with E-state index in [-0.39, 0.29) is 11.5 Å². The maximum atomic E-state index is 15.3. The van der Waals surface area contributed by atoms with Crippen LogP contribution in [-0.2, 0) is 7.05 Å². The minimum absolute atomic E-state index is 0.245. The second-order valence-corrected chi connectivity index (χ2v) is 8.52. The normalized spacial score (nSPS) is 14.2. The Labute approximate surface area is 195 Å². The summed E-state index contributed by atoms with van der Waals surface area (Å²) in [4.78, 5) is 24.2. The Morgan fingerprint density at radius 2 is 1.85 bits per heavy atom. The number of fused-ring (bicyclic) bond motifs is 3. The lowest BCUT2D eigenvalue weighted by Crippen LogP contribution is -2.43. The summed E-state index contributed by atoms with van der Waals surface area (Å²) in [6.07, 6.45) is 5.24. The second kappa shape index (κ2) is 8.07. The summed E-state index contributed by atoms with van der Waals surface area (Å²) >= 11 is 0. The Kier molecular flexibility index (Phi) is 4.88. The van der Waals surface area contributed by atoms with E-state index in [9.17, 15) is 4.79 Å². The fourth-order valence-corrected chi connectivity index (χ4v) is 4.75. The lowest BCUT2D eigenvalue weighted by atomic mass is 10.0. The molecule has 34 heavy (non-hydrogen) atoms. The summed E-state index contributed by atoms with van der Waals surface area (Å²) in [6.45, 7) is 3.14. The van der Waals surface area contributed by atoms with Crippen molar-refractivity contribution in [1.29, 1.82) is 0 Å². The van der Waals surface area contributed by atoms with E-state index in [1.807, 2.05) is 41.3 Å². The molecule has 7 nitrogen and oxygen atoms in total. The number of piperazine rings is 1. The zero-order valence-corrected chi connectivity index (χ0v) is 18.7. The number of nitrogens with one attached hydrogen (secondary N) is 1. The largest absolute Gasteiger partial charge is 0.367 e. The first-order chi connectivity index (χ1) is 16.6. The summed E-state index contributed by atoms with van der Waals surface area (Å²) in [6, 6.07) is 14.9. The highest BCUT2D eigenvalue weighted by molar-refractivity contribution is 6.04. The topological polar surface area (TPSA) is 68.0 Å². The van der Waals surface area contributed by atoms with Crippen molar-refractivity contribution in [3.63, 3.8) is 0 Å². The Hall–Kier alpha value is -4.04. The van der Waals surface area contributed by atoms with E-state index >= 15 is 4.39 Å². The van der Waals surface area contributed by atoms with Gasteiger partial charge in [0.2, 0.25) is 0 Å². The van der Waals surface area contributed by atoms with Gasteiger partial charge in [-0.05, 0) is 35.9 Å². The molecule has 1 N–H and O–H groups in total. The van der Waals surface area contributed by atoms with E-state index in [4.69, 9.17) is 0 Å². The van der Waals surface area contributed by atoms with Crippen LogP contribution in [-0.4, -0.2) is 45.3 Å². The summed E-state index contributed by atoms with van der Waals surface area (Å²) < 4.78 is 18.4. The number of anilines is 1. The van der Waals surface area contributed by atoms with E-state index in [0.717, 1.165) is 48.2 Å². The summed E-state index contributed by atoms with van der Waals surface area (Å²) in [5.74, 6) is -0.335. The van der Waals surface area contributed by atoms with Gasteiger partial charge in [-0.1, -0.05) is 12.1 Å². The van der Waals surface area contributed by atoms with Crippen LogP contribution < -0.4 is 15.9 Å². The van der Waals surface area contributed by atoms with Gasteiger partial charge >= 0.3 is 5.69 Å². The number of halogens is 1. The van der Waals surface area contributed by atoms with Crippen molar-refractivity contribution in [3.05, 3.63) is 83.4 Å². The van der Waals surface area contributed by atoms with E-state index in [1.54, 1.807) is 40.8 Å². The van der Waals surface area contributed by atoms with Crippen LogP contribution in [0.2, 0.25) is 0 Å². The Morgan fingerprint density at radius 1 is 1.00 bits per heavy atom. The van der Waals surface area contributed by atoms with Crippen molar-refractivity contribution in [3.8, 4) is 16.8 Å². The number of aryl methyl sites for hydroxylation is 1. The molecule has 1 fully saturated rings. The molecule has 0 unspecified atom stereocenters. The summed E-state index contributed by atoms with van der Waals surface area (Å²) in [7, 11) is 1.71. The van der Waals surface area contributed by atoms with Crippen LogP contribution in [0.25, 0.3) is 38.8 Å². The van der Waals surface area contributed by atoms with Gasteiger partial charge in [0.15, 0.2) is 0 Å². The molecule has 170 valence electrons. The average Bonchev–Trinajstić information content (AvgIpc) is 3.15. The van der Waals surface area contributed by atoms with E-state index < -0.39 is 0 Å². The van der Waals surface area contributed by atoms with Gasteiger partial charge in [-0.2, -0.15) is 0 Å². The highest BCUT2D eigenvalue weighted by Gasteiger charge is 2.19. The zero-order chi connectivity index (χ0) is 23.2. The number of aromatic nitrogens is 4. The second-order valence-electron chi connectivity index (χ2n) is 8.52. The standard InChI is InChI=1S/C26H23FN6O/c1-31-24-16-30-22-6-4-17(18-3-2-8-29-15-18)13-20(22)25(24)33(26(31)34)19-5-7-23(21(27)14-19)32-11-9-28-10-12-32/h2-8,13-16,28H,9-12H2,1H3. The number of hydrogen-bond donors (Lipinski definition) is 1. The van der Waals surface area contributed by atoms with Gasteiger partial charge in [0.1, 0.15) is 5.82 Å². The van der Waals surface area contributed by atoms with Crippen LogP contribution in [0.1, 0.15) is 0 Å². The van der Waals surface area contributed by atoms with Crippen LogP contribution in [0, 0.1) is 5.82 Å². The monoisotopic (exact) mass is 454 g/mol. The van der Waals surface area contributed by atoms with Crippen molar-refractivity contribution >= 4 is 27.6 Å². The van der Waals surface area contributed by atoms with E-state index in [2.05, 4.69) is 15.3 Å². The molecule has 0 aliphatic carbocycles. The van der Waals surface area contributed by atoms with Crippen LogP contribution in [0.3, 0.4) is 0 Å². The number of nitrogens with zero attached hydrogens (tertiary/aromatic N) is 5. The maximum absolute atomic E-state index is 15.3. The minimum Gasteiger partial charge on any atom is -0.367 e. The molecular weight excluding hydrogens is 431 g/mol. The van der Waals surface area contributed by atoms with Gasteiger partial charge in [-0.15, -0.1) is 0 Å². The highest BCUT2D eigenvalue weighted by Crippen LogP contribution is 2.30. The first-order valence-electron chi connectivity index (χ1n) is 11.3. The first-order valence-corrected chi connectivity index (χ1v) is 11.3. The fourth-order valence-electron chi connectivity index (χ4n) is 4.75. The van der Waals surface area contributed by atoms with E-state index in [1.165, 1.54) is 6.07 Å². The molecule has 0 amide bonds. The molecule has 6 rings (SSSR count). The molecular formula is C26H23FN6O. The number of hydrogen-bond acceptors (Lipinski definition) is 5. The van der Waals surface area contributed by atoms with Gasteiger partial charge in [-0.25, -0.2) is 9.18 Å². The van der Waals surface area contributed by atoms with Gasteiger partial charge in [0.05, 0.1) is 34.1 Å². The molecule has 2 aromatic carbocycles. The molecule has 0 spiro atoms. The highest BCUT2D eigenvalue weighted by atomic mass is 19.1. The molecule has 1 aliphatic rings. The Morgan fingerprint density at radius 3 is 2.62 bits per heavy atom. The number of rotatable bonds is 3. The molecule has 4 heterocycles. The predicted octanol–water partition coefficient (Wildman–Crippen LogP) is 3.49. The van der Waals surface area contributed by atoms with Gasteiger partial charge in [-0.3, -0.25) is 19.1 Å². The van der Waals surface area contributed by atoms with Crippen LogP contribution in [0.5, 0.6) is 0 Å². The molecule has 1 saturated heterocycles. The maximum Gasteiger partial charge on any atom is 0.333 e. The summed E-state index contributed by atoms with van der Waals surface area (Å²) in [5, 5.41) is 4.11. The van der Waals surface area contributed by atoms with E-state index in [0.29, 0.717) is 22.4 Å². The number of pyridine rings is 2. The van der Waals surface area contributed by atoms with Gasteiger partial charge in [0, 0.05) is 62.6 Å². The van der Waals surface area contributed by atoms with Gasteiger partial charge in [0.25, 0.3) is 0 Å². The van der Waals surface area contributed by atoms with Crippen molar-refractivity contribution in [2.75, 3.05) is 31.1 Å². The lowest BCUT2D eigenvalue weighted by Gasteiger charge is -2.29. The third-order valence-corrected chi connectivity index (χ3v) is 6.53. The van der Waals surface area contributed by atoms with Crippen molar-refractivity contribution in [1.82, 2.24) is 24.4 Å². The minimum atomic E-state index is -0.335. The average molecular weight is 455 g/mol. The quantitative estimate of drug-likeness (QED) is 0.452. The number of benzene rings is 2. The molecule has 0 bridgehead atoms. The van der Waals surface area contributed by atoms with Crippen molar-refractivity contribution < 1.29 is 4.39 Å². The first kappa shape index (κ1) is 20.6. The van der Waals surface area contributed by atoms with Gasteiger partial charge < -0.3 is 10.2 Å². The SMILES string of the molecule is Cn1c(=O)n(-c2ccc(N3CCNCC3)c(F)c2)c2c3cc(-c4cccnc4)ccc3ncc21. The third kappa shape index (κ3) is 3.26. The molecule has 5 aromatic rings. The molecule has 1 aliphatic heterocycles. The van der Waals surface area contributed by atoms with Crippen LogP contribution in [0.15, 0.2) is 71.9 Å². The third-order valence-electron chi connectivity index (χ3n) is 6.53. The fraction of sp³-hybridized carbons (Fsp3) is 0.192. The molecule has 0 saturated carbocycles. The molecule has 3 aromatic heterocycles. The van der Waals surface area contributed by atoms with Crippen molar-refractivity contribution in [2.24, 2.45) is 7.05 Å². The Balaban J connectivity index is 1.57. The van der Waals surface area contributed by atoms with Crippen LogP contribution in [0.4, 0.5) is 10.1 Å².